The number of amides is 1. The summed E-state index contributed by atoms with van der Waals surface area (Å²) in [6.07, 6.45) is 1.69. The summed E-state index contributed by atoms with van der Waals surface area (Å²) in [6.45, 7) is 5.38. The van der Waals surface area contributed by atoms with E-state index in [2.05, 4.69) is 5.32 Å². The molecule has 0 spiro atoms. The van der Waals surface area contributed by atoms with Crippen LogP contribution in [0.15, 0.2) is 0 Å². The Hall–Kier alpha value is -0.800. The van der Waals surface area contributed by atoms with Crippen LogP contribution in [0.5, 0.6) is 0 Å². The van der Waals surface area contributed by atoms with Crippen molar-refractivity contribution in [3.8, 4) is 0 Å². The molecule has 1 aliphatic carbocycles. The van der Waals surface area contributed by atoms with Gasteiger partial charge in [-0.2, -0.15) is 0 Å². The van der Waals surface area contributed by atoms with Gasteiger partial charge in [0, 0.05) is 0 Å². The first-order valence-electron chi connectivity index (χ1n) is 5.52. The minimum atomic E-state index is -0.925. The SMILES string of the molecule is CC(C)(C)OC(=O)N[C@H]1CCCC[C@H]1F. The van der Waals surface area contributed by atoms with Crippen molar-refractivity contribution in [2.45, 2.75) is 64.3 Å². The highest BCUT2D eigenvalue weighted by atomic mass is 19.1. The number of halogens is 1. The maximum Gasteiger partial charge on any atom is 0.407 e. The summed E-state index contributed by atoms with van der Waals surface area (Å²) < 4.78 is 18.4. The highest BCUT2D eigenvalue weighted by Gasteiger charge is 2.27. The molecule has 0 aromatic heterocycles. The zero-order chi connectivity index (χ0) is 11.5. The summed E-state index contributed by atoms with van der Waals surface area (Å²) >= 11 is 0. The van der Waals surface area contributed by atoms with Gasteiger partial charge in [0.05, 0.1) is 6.04 Å². The van der Waals surface area contributed by atoms with Gasteiger partial charge in [-0.05, 0) is 33.6 Å². The smallest absolute Gasteiger partial charge is 0.407 e. The molecular formula is C11H20FNO2. The predicted octanol–water partition coefficient (Wildman–Crippen LogP) is 2.79. The number of alkyl halides is 1. The Labute approximate surface area is 90.4 Å². The van der Waals surface area contributed by atoms with Crippen LogP contribution in [0.25, 0.3) is 0 Å². The highest BCUT2D eigenvalue weighted by Crippen LogP contribution is 2.21. The van der Waals surface area contributed by atoms with E-state index in [1.54, 1.807) is 20.8 Å². The van der Waals surface area contributed by atoms with E-state index in [-0.39, 0.29) is 6.04 Å². The van der Waals surface area contributed by atoms with Gasteiger partial charge in [0.1, 0.15) is 11.8 Å². The van der Waals surface area contributed by atoms with Crippen LogP contribution in [0.3, 0.4) is 0 Å². The lowest BCUT2D eigenvalue weighted by atomic mass is 9.94. The molecule has 0 radical (unpaired) electrons. The van der Waals surface area contributed by atoms with Gasteiger partial charge < -0.3 is 10.1 Å². The summed E-state index contributed by atoms with van der Waals surface area (Å²) in [4.78, 5) is 11.4. The summed E-state index contributed by atoms with van der Waals surface area (Å²) in [7, 11) is 0. The van der Waals surface area contributed by atoms with Crippen LogP contribution in [-0.2, 0) is 4.74 Å². The Balaban J connectivity index is 2.36. The van der Waals surface area contributed by atoms with Gasteiger partial charge in [-0.1, -0.05) is 12.8 Å². The Bertz CT molecular complexity index is 225. The fourth-order valence-electron chi connectivity index (χ4n) is 1.71. The minimum absolute atomic E-state index is 0.367. The van der Waals surface area contributed by atoms with Crippen molar-refractivity contribution in [3.63, 3.8) is 0 Å². The van der Waals surface area contributed by atoms with E-state index in [0.29, 0.717) is 12.8 Å². The van der Waals surface area contributed by atoms with Crippen LogP contribution in [0, 0.1) is 0 Å². The van der Waals surface area contributed by atoms with Crippen molar-refractivity contribution in [1.29, 1.82) is 0 Å². The Morgan fingerprint density at radius 2 is 1.93 bits per heavy atom. The Morgan fingerprint density at radius 3 is 2.47 bits per heavy atom. The molecule has 0 aromatic carbocycles. The number of carbonyl (C=O) groups is 1. The zero-order valence-corrected chi connectivity index (χ0v) is 9.68. The van der Waals surface area contributed by atoms with Gasteiger partial charge in [0.2, 0.25) is 0 Å². The van der Waals surface area contributed by atoms with Crippen LogP contribution in [-0.4, -0.2) is 23.9 Å². The molecule has 1 N–H and O–H groups in total. The van der Waals surface area contributed by atoms with Crippen molar-refractivity contribution < 1.29 is 13.9 Å². The van der Waals surface area contributed by atoms with E-state index in [9.17, 15) is 9.18 Å². The molecule has 3 nitrogen and oxygen atoms in total. The van der Waals surface area contributed by atoms with Crippen LogP contribution >= 0.6 is 0 Å². The van der Waals surface area contributed by atoms with Crippen LogP contribution < -0.4 is 5.32 Å². The molecule has 15 heavy (non-hydrogen) atoms. The van der Waals surface area contributed by atoms with Crippen molar-refractivity contribution in [2.24, 2.45) is 0 Å². The maximum atomic E-state index is 13.4. The normalized spacial score (nSPS) is 27.2. The van der Waals surface area contributed by atoms with E-state index < -0.39 is 17.9 Å². The fourth-order valence-corrected chi connectivity index (χ4v) is 1.71. The van der Waals surface area contributed by atoms with Gasteiger partial charge in [0.25, 0.3) is 0 Å². The molecular weight excluding hydrogens is 197 g/mol. The van der Waals surface area contributed by atoms with Gasteiger partial charge >= 0.3 is 6.09 Å². The zero-order valence-electron chi connectivity index (χ0n) is 9.68. The van der Waals surface area contributed by atoms with E-state index in [0.717, 1.165) is 12.8 Å². The number of rotatable bonds is 1. The lowest BCUT2D eigenvalue weighted by Gasteiger charge is -2.28. The van der Waals surface area contributed by atoms with Gasteiger partial charge in [-0.15, -0.1) is 0 Å². The van der Waals surface area contributed by atoms with E-state index >= 15 is 0 Å². The molecule has 0 heterocycles. The van der Waals surface area contributed by atoms with Crippen molar-refractivity contribution in [3.05, 3.63) is 0 Å². The van der Waals surface area contributed by atoms with E-state index in [1.165, 1.54) is 0 Å². The summed E-state index contributed by atoms with van der Waals surface area (Å²) in [5, 5.41) is 2.59. The molecule has 1 saturated carbocycles. The van der Waals surface area contributed by atoms with Gasteiger partial charge in [0.15, 0.2) is 0 Å². The first-order chi connectivity index (χ1) is 6.88. The molecule has 1 aliphatic rings. The lowest BCUT2D eigenvalue weighted by molar-refractivity contribution is 0.0451. The van der Waals surface area contributed by atoms with Crippen LogP contribution in [0.2, 0.25) is 0 Å². The molecule has 0 saturated heterocycles. The maximum absolute atomic E-state index is 13.4. The largest absolute Gasteiger partial charge is 0.444 e. The summed E-state index contributed by atoms with van der Waals surface area (Å²) in [5.74, 6) is 0. The Morgan fingerprint density at radius 1 is 1.33 bits per heavy atom. The van der Waals surface area contributed by atoms with Crippen molar-refractivity contribution in [2.75, 3.05) is 0 Å². The molecule has 1 fully saturated rings. The molecule has 0 aromatic rings. The standard InChI is InChI=1S/C11H20FNO2/c1-11(2,3)15-10(14)13-9-7-5-4-6-8(9)12/h8-9H,4-7H2,1-3H3,(H,13,14)/t8-,9+/m1/s1. The first-order valence-corrected chi connectivity index (χ1v) is 5.52. The molecule has 1 amide bonds. The Kier molecular flexibility index (Phi) is 3.94. The lowest BCUT2D eigenvalue weighted by Crippen LogP contribution is -2.45. The third-order valence-electron chi connectivity index (χ3n) is 2.38. The quantitative estimate of drug-likeness (QED) is 0.733. The van der Waals surface area contributed by atoms with Crippen LogP contribution in [0.1, 0.15) is 46.5 Å². The number of ether oxygens (including phenoxy) is 1. The summed E-state index contributed by atoms with van der Waals surface area (Å²) in [5.41, 5.74) is -0.523. The minimum Gasteiger partial charge on any atom is -0.444 e. The van der Waals surface area contributed by atoms with Gasteiger partial charge in [-0.3, -0.25) is 0 Å². The second-order valence-corrected chi connectivity index (χ2v) is 5.05. The third kappa shape index (κ3) is 4.49. The molecule has 0 bridgehead atoms. The van der Waals surface area contributed by atoms with Crippen LogP contribution in [0.4, 0.5) is 9.18 Å². The fraction of sp³-hybridized carbons (Fsp3) is 0.909. The molecule has 88 valence electrons. The third-order valence-corrected chi connectivity index (χ3v) is 2.38. The van der Waals surface area contributed by atoms with E-state index in [1.807, 2.05) is 0 Å². The number of hydrogen-bond donors (Lipinski definition) is 1. The van der Waals surface area contributed by atoms with Gasteiger partial charge in [-0.25, -0.2) is 9.18 Å². The molecule has 4 heteroatoms. The predicted molar refractivity (Wildman–Crippen MR) is 56.5 cm³/mol. The number of carbonyl (C=O) groups excluding carboxylic acids is 1. The second-order valence-electron chi connectivity index (χ2n) is 5.05. The van der Waals surface area contributed by atoms with Crippen molar-refractivity contribution >= 4 is 6.09 Å². The molecule has 2 atom stereocenters. The second kappa shape index (κ2) is 4.81. The van der Waals surface area contributed by atoms with Crippen molar-refractivity contribution in [1.82, 2.24) is 5.32 Å². The monoisotopic (exact) mass is 217 g/mol. The average molecular weight is 217 g/mol. The number of alkyl carbamates (subject to hydrolysis) is 1. The molecule has 0 aliphatic heterocycles. The molecule has 0 unspecified atom stereocenters. The summed E-state index contributed by atoms with van der Waals surface area (Å²) in [6, 6.07) is -0.367. The number of hydrogen-bond acceptors (Lipinski definition) is 2. The number of nitrogens with one attached hydrogen (secondary N) is 1. The topological polar surface area (TPSA) is 38.3 Å². The highest BCUT2D eigenvalue weighted by molar-refractivity contribution is 5.68. The van der Waals surface area contributed by atoms with E-state index in [4.69, 9.17) is 4.74 Å². The average Bonchev–Trinajstić information content (AvgIpc) is 2.05. The molecule has 1 rings (SSSR count). The first kappa shape index (κ1) is 12.3.